The number of alkyl halides is 3. The number of nitrogens with zero attached hydrogens (tertiary/aromatic N) is 4. The van der Waals surface area contributed by atoms with Gasteiger partial charge in [0.15, 0.2) is 5.03 Å². The van der Waals surface area contributed by atoms with Gasteiger partial charge in [-0.1, -0.05) is 36.7 Å². The Morgan fingerprint density at radius 1 is 1.10 bits per heavy atom. The first kappa shape index (κ1) is 33.1. The summed E-state index contributed by atoms with van der Waals surface area (Å²) in [5.41, 5.74) is 1.57. The fraction of sp³-hybridized carbons (Fsp3) is 0.240. The number of sulfonamides is 1. The molecule has 40 heavy (non-hydrogen) atoms. The molecule has 2 aromatic heterocycles. The van der Waals surface area contributed by atoms with Gasteiger partial charge in [0, 0.05) is 24.8 Å². The van der Waals surface area contributed by atoms with Crippen molar-refractivity contribution in [3.05, 3.63) is 82.3 Å². The number of hydrogen-bond acceptors (Lipinski definition) is 5. The number of pyridine rings is 1. The molecule has 0 aliphatic heterocycles. The minimum Gasteiger partial charge on any atom is -0.464 e. The van der Waals surface area contributed by atoms with Gasteiger partial charge in [0.2, 0.25) is 0 Å². The molecule has 0 aliphatic carbocycles. The summed E-state index contributed by atoms with van der Waals surface area (Å²) in [6.07, 6.45) is -4.38. The zero-order valence-corrected chi connectivity index (χ0v) is 24.2. The Balaban J connectivity index is 0.00000280. The van der Waals surface area contributed by atoms with Crippen LogP contribution in [0, 0.1) is 6.92 Å². The second-order valence-electron chi connectivity index (χ2n) is 8.49. The molecule has 0 atom stereocenters. The molecule has 0 radical (unpaired) electrons. The highest BCUT2D eigenvalue weighted by Gasteiger charge is 2.34. The monoisotopic (exact) mass is 638 g/mol. The van der Waals surface area contributed by atoms with Gasteiger partial charge in [-0.15, -0.1) is 24.8 Å². The molecule has 0 saturated carbocycles. The summed E-state index contributed by atoms with van der Waals surface area (Å²) in [6.45, 7) is 3.21. The average molecular weight is 640 g/mol. The molecule has 15 heteroatoms. The van der Waals surface area contributed by atoms with E-state index in [9.17, 15) is 31.5 Å². The van der Waals surface area contributed by atoms with Crippen LogP contribution < -0.4 is 0 Å². The fourth-order valence-electron chi connectivity index (χ4n) is 3.97. The van der Waals surface area contributed by atoms with Crippen molar-refractivity contribution in [2.24, 2.45) is 0 Å². The summed E-state index contributed by atoms with van der Waals surface area (Å²) in [6, 6.07) is 11.7. The molecule has 0 spiro atoms. The van der Waals surface area contributed by atoms with Crippen molar-refractivity contribution in [3.63, 3.8) is 0 Å². The molecule has 0 saturated heterocycles. The van der Waals surface area contributed by atoms with Crippen molar-refractivity contribution in [2.45, 2.75) is 37.9 Å². The SMILES string of the molecule is CCc1nc2cc(C(F)(F)F)c(Cl)cc2n1-c1ccc(CCN(C(=O)O)S(=O)(=O)c2ccc(C)cn2)cc1.Cl.Cl. The van der Waals surface area contributed by atoms with Crippen molar-refractivity contribution in [1.82, 2.24) is 18.8 Å². The molecule has 1 amide bonds. The summed E-state index contributed by atoms with van der Waals surface area (Å²) in [5.74, 6) is 0.525. The zero-order chi connectivity index (χ0) is 27.8. The number of imidazole rings is 1. The quantitative estimate of drug-likeness (QED) is 0.241. The number of fused-ring (bicyclic) bond motifs is 1. The molecule has 0 fully saturated rings. The van der Waals surface area contributed by atoms with Gasteiger partial charge in [-0.3, -0.25) is 4.57 Å². The van der Waals surface area contributed by atoms with Crippen LogP contribution >= 0.6 is 36.4 Å². The first-order valence-electron chi connectivity index (χ1n) is 11.4. The van der Waals surface area contributed by atoms with E-state index in [-0.39, 0.29) is 48.3 Å². The van der Waals surface area contributed by atoms with Gasteiger partial charge in [0.25, 0.3) is 10.0 Å². The molecular weight excluding hydrogens is 616 g/mol. The van der Waals surface area contributed by atoms with Crippen LogP contribution in [0.4, 0.5) is 18.0 Å². The second kappa shape index (κ2) is 12.6. The summed E-state index contributed by atoms with van der Waals surface area (Å²) in [7, 11) is -4.36. The number of aromatic nitrogens is 3. The Bertz CT molecular complexity index is 1610. The van der Waals surface area contributed by atoms with Crippen LogP contribution in [-0.2, 0) is 29.0 Å². The standard InChI is InChI=1S/C25H22ClF3N4O4S.2ClH/c1-3-22-31-20-12-18(25(27,28)29)19(26)13-21(20)33(22)17-7-5-16(6-8-17)10-11-32(24(34)35)38(36,37)23-9-4-15(2)14-30-23;;/h4-9,12-14H,3,10-11H2,1-2H3,(H,34,35);2*1H. The minimum absolute atomic E-state index is 0. The van der Waals surface area contributed by atoms with Crippen molar-refractivity contribution in [3.8, 4) is 5.69 Å². The van der Waals surface area contributed by atoms with E-state index in [0.717, 1.165) is 11.6 Å². The second-order valence-corrected chi connectivity index (χ2v) is 10.7. The van der Waals surface area contributed by atoms with Crippen LogP contribution in [0.1, 0.15) is 29.4 Å². The third-order valence-electron chi connectivity index (χ3n) is 5.88. The van der Waals surface area contributed by atoms with Crippen molar-refractivity contribution >= 4 is 63.6 Å². The van der Waals surface area contributed by atoms with Crippen molar-refractivity contribution < 1.29 is 31.5 Å². The first-order valence-corrected chi connectivity index (χ1v) is 13.2. The van der Waals surface area contributed by atoms with E-state index >= 15 is 0 Å². The average Bonchev–Trinajstić information content (AvgIpc) is 3.21. The molecule has 8 nitrogen and oxygen atoms in total. The molecular formula is C25H24Cl3F3N4O4S. The Morgan fingerprint density at radius 2 is 1.75 bits per heavy atom. The number of aryl methyl sites for hydroxylation is 2. The molecule has 4 rings (SSSR count). The normalized spacial score (nSPS) is 11.6. The van der Waals surface area contributed by atoms with Gasteiger partial charge in [-0.05, 0) is 54.8 Å². The van der Waals surface area contributed by atoms with Crippen LogP contribution in [0.5, 0.6) is 0 Å². The summed E-state index contributed by atoms with van der Waals surface area (Å²) < 4.78 is 67.6. The molecule has 2 heterocycles. The lowest BCUT2D eigenvalue weighted by Crippen LogP contribution is -2.37. The largest absolute Gasteiger partial charge is 0.464 e. The highest BCUT2D eigenvalue weighted by atomic mass is 35.5. The van der Waals surface area contributed by atoms with Gasteiger partial charge in [-0.25, -0.2) is 14.8 Å². The lowest BCUT2D eigenvalue weighted by molar-refractivity contribution is -0.137. The van der Waals surface area contributed by atoms with Crippen LogP contribution in [0.2, 0.25) is 5.02 Å². The lowest BCUT2D eigenvalue weighted by atomic mass is 10.1. The highest BCUT2D eigenvalue weighted by Crippen LogP contribution is 2.37. The predicted octanol–water partition coefficient (Wildman–Crippen LogP) is 6.72. The van der Waals surface area contributed by atoms with Gasteiger partial charge >= 0.3 is 12.3 Å². The fourth-order valence-corrected chi connectivity index (χ4v) is 5.43. The zero-order valence-electron chi connectivity index (χ0n) is 21.0. The molecule has 0 unspecified atom stereocenters. The van der Waals surface area contributed by atoms with E-state index in [1.165, 1.54) is 24.4 Å². The van der Waals surface area contributed by atoms with E-state index in [2.05, 4.69) is 9.97 Å². The number of benzene rings is 2. The van der Waals surface area contributed by atoms with E-state index in [0.29, 0.717) is 33.3 Å². The number of carboxylic acid groups (broad SMARTS) is 1. The Kier molecular flexibility index (Phi) is 10.5. The maximum absolute atomic E-state index is 13.3. The maximum Gasteiger partial charge on any atom is 0.421 e. The van der Waals surface area contributed by atoms with Gasteiger partial charge < -0.3 is 5.11 Å². The van der Waals surface area contributed by atoms with Crippen LogP contribution in [0.15, 0.2) is 59.8 Å². The summed E-state index contributed by atoms with van der Waals surface area (Å²) in [5, 5.41) is 8.74. The lowest BCUT2D eigenvalue weighted by Gasteiger charge is -2.19. The van der Waals surface area contributed by atoms with Gasteiger partial charge in [0.1, 0.15) is 5.82 Å². The van der Waals surface area contributed by atoms with Crippen LogP contribution in [0.25, 0.3) is 16.7 Å². The molecule has 0 bridgehead atoms. The van der Waals surface area contributed by atoms with E-state index in [4.69, 9.17) is 11.6 Å². The summed E-state index contributed by atoms with van der Waals surface area (Å²) in [4.78, 5) is 19.9. The number of halogens is 6. The van der Waals surface area contributed by atoms with Crippen LogP contribution in [0.3, 0.4) is 0 Å². The molecule has 1 N–H and O–H groups in total. The maximum atomic E-state index is 13.3. The van der Waals surface area contributed by atoms with Crippen molar-refractivity contribution in [2.75, 3.05) is 6.54 Å². The number of rotatable bonds is 7. The molecule has 216 valence electrons. The van der Waals surface area contributed by atoms with Crippen LogP contribution in [-0.4, -0.2) is 45.0 Å². The van der Waals surface area contributed by atoms with E-state index in [1.54, 1.807) is 35.8 Å². The Morgan fingerprint density at radius 3 is 2.27 bits per heavy atom. The number of carbonyl (C=O) groups is 1. The number of amides is 1. The third-order valence-corrected chi connectivity index (χ3v) is 7.89. The molecule has 4 aromatic rings. The number of hydrogen-bond donors (Lipinski definition) is 1. The Hall–Kier alpha value is -3.06. The highest BCUT2D eigenvalue weighted by molar-refractivity contribution is 7.89. The smallest absolute Gasteiger partial charge is 0.421 e. The summed E-state index contributed by atoms with van der Waals surface area (Å²) >= 11 is 5.94. The molecule has 2 aromatic carbocycles. The van der Waals surface area contributed by atoms with Crippen molar-refractivity contribution in [1.29, 1.82) is 0 Å². The predicted molar refractivity (Wildman–Crippen MR) is 150 cm³/mol. The van der Waals surface area contributed by atoms with Gasteiger partial charge in [-0.2, -0.15) is 25.9 Å². The molecule has 0 aliphatic rings. The van der Waals surface area contributed by atoms with Gasteiger partial charge in [0.05, 0.1) is 21.6 Å². The minimum atomic E-state index is -4.62. The van der Waals surface area contributed by atoms with E-state index < -0.39 is 32.9 Å². The van der Waals surface area contributed by atoms with E-state index in [1.807, 2.05) is 6.92 Å². The third kappa shape index (κ3) is 6.63. The first-order chi connectivity index (χ1) is 17.8. The Labute approximate surface area is 245 Å². The topological polar surface area (TPSA) is 105 Å².